The van der Waals surface area contributed by atoms with Gasteiger partial charge in [-0.25, -0.2) is 4.79 Å². The van der Waals surface area contributed by atoms with Crippen molar-refractivity contribution in [2.75, 3.05) is 19.6 Å². The van der Waals surface area contributed by atoms with Crippen molar-refractivity contribution in [1.29, 1.82) is 0 Å². The Morgan fingerprint density at radius 1 is 1.57 bits per heavy atom. The van der Waals surface area contributed by atoms with Crippen molar-refractivity contribution in [2.45, 2.75) is 32.4 Å². The number of hydrogen-bond acceptors (Lipinski definition) is 6. The standard InChI is InChI=1S/C12H19N5O4/c1-12(2,3)21-11(18)16-5-4-13-7-9(16)8-6-10(15-14-8)17(19)20/h6,9,13H,4-5,7H2,1-3H3,(H,14,15). The van der Waals surface area contributed by atoms with E-state index in [0.29, 0.717) is 25.3 Å². The second kappa shape index (κ2) is 5.68. The minimum absolute atomic E-state index is 0.195. The molecule has 2 heterocycles. The summed E-state index contributed by atoms with van der Waals surface area (Å²) in [6.07, 6.45) is -0.445. The van der Waals surface area contributed by atoms with Gasteiger partial charge in [0.05, 0.1) is 12.1 Å². The molecule has 9 heteroatoms. The minimum atomic E-state index is -0.593. The lowest BCUT2D eigenvalue weighted by Crippen LogP contribution is -2.50. The van der Waals surface area contributed by atoms with Crippen LogP contribution in [-0.2, 0) is 4.74 Å². The second-order valence-corrected chi connectivity index (χ2v) is 5.83. The number of amides is 1. The molecule has 2 N–H and O–H groups in total. The summed E-state index contributed by atoms with van der Waals surface area (Å²) in [6.45, 7) is 6.95. The largest absolute Gasteiger partial charge is 0.444 e. The molecule has 1 aliphatic rings. The van der Waals surface area contributed by atoms with E-state index in [1.54, 1.807) is 25.7 Å². The zero-order valence-electron chi connectivity index (χ0n) is 12.3. The van der Waals surface area contributed by atoms with Gasteiger partial charge in [-0.15, -0.1) is 5.10 Å². The SMILES string of the molecule is CC(C)(C)OC(=O)N1CCNCC1c1cc([N+](=O)[O-])[nH]n1. The molecule has 0 aromatic carbocycles. The third kappa shape index (κ3) is 3.69. The van der Waals surface area contributed by atoms with Crippen LogP contribution in [-0.4, -0.2) is 51.3 Å². The zero-order valence-corrected chi connectivity index (χ0v) is 12.3. The van der Waals surface area contributed by atoms with Crippen molar-refractivity contribution >= 4 is 11.9 Å². The molecule has 1 aromatic rings. The molecule has 9 nitrogen and oxygen atoms in total. The number of aromatic amines is 1. The summed E-state index contributed by atoms with van der Waals surface area (Å²) in [5.41, 5.74) is -0.149. The number of nitrogens with zero attached hydrogens (tertiary/aromatic N) is 3. The van der Waals surface area contributed by atoms with Crippen LogP contribution in [0.5, 0.6) is 0 Å². The van der Waals surface area contributed by atoms with Crippen LogP contribution in [0.2, 0.25) is 0 Å². The summed E-state index contributed by atoms with van der Waals surface area (Å²) in [6, 6.07) is 0.952. The van der Waals surface area contributed by atoms with Crippen LogP contribution < -0.4 is 5.32 Å². The number of rotatable bonds is 2. The average molecular weight is 297 g/mol. The molecule has 0 radical (unpaired) electrons. The fraction of sp³-hybridized carbons (Fsp3) is 0.667. The van der Waals surface area contributed by atoms with Gasteiger partial charge < -0.3 is 20.2 Å². The number of H-pyrrole nitrogens is 1. The Labute approximate surface area is 121 Å². The second-order valence-electron chi connectivity index (χ2n) is 5.83. The zero-order chi connectivity index (χ0) is 15.6. The lowest BCUT2D eigenvalue weighted by molar-refractivity contribution is -0.389. The molecule has 21 heavy (non-hydrogen) atoms. The molecule has 0 spiro atoms. The van der Waals surface area contributed by atoms with Gasteiger partial charge in [-0.1, -0.05) is 5.10 Å². The number of piperazine rings is 1. The maximum absolute atomic E-state index is 12.2. The minimum Gasteiger partial charge on any atom is -0.444 e. The van der Waals surface area contributed by atoms with E-state index < -0.39 is 22.7 Å². The predicted molar refractivity (Wildman–Crippen MR) is 73.8 cm³/mol. The van der Waals surface area contributed by atoms with Crippen LogP contribution in [0.3, 0.4) is 0 Å². The highest BCUT2D eigenvalue weighted by molar-refractivity contribution is 5.69. The van der Waals surface area contributed by atoms with Crippen molar-refractivity contribution in [1.82, 2.24) is 20.4 Å². The van der Waals surface area contributed by atoms with Gasteiger partial charge in [0.25, 0.3) is 0 Å². The van der Waals surface area contributed by atoms with Crippen LogP contribution in [0.25, 0.3) is 0 Å². The molecule has 0 saturated carbocycles. The lowest BCUT2D eigenvalue weighted by atomic mass is 10.1. The van der Waals surface area contributed by atoms with E-state index in [-0.39, 0.29) is 5.82 Å². The van der Waals surface area contributed by atoms with E-state index in [2.05, 4.69) is 15.5 Å². The van der Waals surface area contributed by atoms with Gasteiger partial charge in [-0.3, -0.25) is 4.90 Å². The Balaban J connectivity index is 2.18. The molecule has 116 valence electrons. The van der Waals surface area contributed by atoms with Gasteiger partial charge in [0.1, 0.15) is 11.3 Å². The highest BCUT2D eigenvalue weighted by Gasteiger charge is 2.33. The fourth-order valence-corrected chi connectivity index (χ4v) is 2.10. The predicted octanol–water partition coefficient (Wildman–Crippen LogP) is 1.20. The van der Waals surface area contributed by atoms with E-state index in [4.69, 9.17) is 4.74 Å². The van der Waals surface area contributed by atoms with Crippen molar-refractivity contribution in [3.8, 4) is 0 Å². The number of nitro groups is 1. The van der Waals surface area contributed by atoms with Gasteiger partial charge in [0.15, 0.2) is 0 Å². The van der Waals surface area contributed by atoms with Gasteiger partial charge in [-0.05, 0) is 25.7 Å². The first-order valence-electron chi connectivity index (χ1n) is 6.68. The maximum atomic E-state index is 12.2. The summed E-state index contributed by atoms with van der Waals surface area (Å²) in [4.78, 5) is 23.9. The van der Waals surface area contributed by atoms with E-state index in [0.717, 1.165) is 0 Å². The molecule has 1 aromatic heterocycles. The van der Waals surface area contributed by atoms with Crippen LogP contribution in [0.4, 0.5) is 10.6 Å². The van der Waals surface area contributed by atoms with Crippen LogP contribution >= 0.6 is 0 Å². The van der Waals surface area contributed by atoms with Gasteiger partial charge in [-0.2, -0.15) is 0 Å². The van der Waals surface area contributed by atoms with Gasteiger partial charge in [0, 0.05) is 19.6 Å². The molecule has 1 atom stereocenters. The molecule has 1 aliphatic heterocycles. The Morgan fingerprint density at radius 3 is 2.86 bits per heavy atom. The van der Waals surface area contributed by atoms with Crippen LogP contribution in [0.1, 0.15) is 32.5 Å². The smallest absolute Gasteiger partial charge is 0.410 e. The highest BCUT2D eigenvalue weighted by atomic mass is 16.6. The highest BCUT2D eigenvalue weighted by Crippen LogP contribution is 2.25. The first kappa shape index (κ1) is 15.2. The molecule has 2 rings (SSSR count). The Kier molecular flexibility index (Phi) is 4.12. The first-order valence-corrected chi connectivity index (χ1v) is 6.68. The van der Waals surface area contributed by atoms with E-state index in [9.17, 15) is 14.9 Å². The van der Waals surface area contributed by atoms with Crippen molar-refractivity contribution in [3.63, 3.8) is 0 Å². The third-order valence-corrected chi connectivity index (χ3v) is 2.99. The monoisotopic (exact) mass is 297 g/mol. The van der Waals surface area contributed by atoms with Crippen molar-refractivity contribution in [3.05, 3.63) is 21.9 Å². The Morgan fingerprint density at radius 2 is 2.29 bits per heavy atom. The number of nitrogens with one attached hydrogen (secondary N) is 2. The Hall–Kier alpha value is -2.16. The molecule has 1 saturated heterocycles. The summed E-state index contributed by atoms with van der Waals surface area (Å²) < 4.78 is 5.37. The van der Waals surface area contributed by atoms with E-state index in [1.807, 2.05) is 0 Å². The average Bonchev–Trinajstić information content (AvgIpc) is 2.86. The van der Waals surface area contributed by atoms with Crippen molar-refractivity contribution < 1.29 is 14.5 Å². The number of aromatic nitrogens is 2. The topological polar surface area (TPSA) is 113 Å². The summed E-state index contributed by atoms with van der Waals surface area (Å²) in [5.74, 6) is -0.195. The normalized spacial score (nSPS) is 19.4. The molecule has 1 unspecified atom stereocenters. The summed E-state index contributed by atoms with van der Waals surface area (Å²) in [7, 11) is 0. The van der Waals surface area contributed by atoms with Crippen LogP contribution in [0, 0.1) is 10.1 Å². The number of carbonyl (C=O) groups excluding carboxylic acids is 1. The van der Waals surface area contributed by atoms with Crippen molar-refractivity contribution in [2.24, 2.45) is 0 Å². The molecule has 1 amide bonds. The molecule has 0 bridgehead atoms. The molecule has 0 aliphatic carbocycles. The molecular formula is C12H19N5O4. The number of hydrogen-bond donors (Lipinski definition) is 2. The van der Waals surface area contributed by atoms with Crippen LogP contribution in [0.15, 0.2) is 6.07 Å². The van der Waals surface area contributed by atoms with E-state index >= 15 is 0 Å². The van der Waals surface area contributed by atoms with Gasteiger partial charge in [0.2, 0.25) is 0 Å². The van der Waals surface area contributed by atoms with Gasteiger partial charge >= 0.3 is 11.9 Å². The molecule has 1 fully saturated rings. The fourth-order valence-electron chi connectivity index (χ4n) is 2.10. The number of carbonyl (C=O) groups is 1. The lowest BCUT2D eigenvalue weighted by Gasteiger charge is -2.35. The molecular weight excluding hydrogens is 278 g/mol. The number of ether oxygens (including phenoxy) is 1. The summed E-state index contributed by atoms with van der Waals surface area (Å²) in [5, 5.41) is 20.1. The first-order chi connectivity index (χ1) is 9.78. The van der Waals surface area contributed by atoms with E-state index in [1.165, 1.54) is 6.07 Å². The maximum Gasteiger partial charge on any atom is 0.410 e. The third-order valence-electron chi connectivity index (χ3n) is 2.99. The Bertz CT molecular complexity index is 536. The quantitative estimate of drug-likeness (QED) is 0.626. The summed E-state index contributed by atoms with van der Waals surface area (Å²) >= 11 is 0.